The maximum absolute atomic E-state index is 5.15. The number of benzene rings is 8. The fourth-order valence-electron chi connectivity index (χ4n) is 8.51. The molecule has 1 aromatic heterocycles. The monoisotopic (exact) mass is 767 g/mol. The molecular formula is C57H41N3. The number of hydrogen-bond donors (Lipinski definition) is 0. The molecule has 1 aliphatic rings. The van der Waals surface area contributed by atoms with Crippen LogP contribution >= 0.6 is 0 Å². The van der Waals surface area contributed by atoms with Crippen LogP contribution < -0.4 is 10.4 Å². The highest BCUT2D eigenvalue weighted by molar-refractivity contribution is 6.09. The van der Waals surface area contributed by atoms with Crippen molar-refractivity contribution in [2.45, 2.75) is 12.8 Å². The molecule has 1 aliphatic carbocycles. The third-order valence-corrected chi connectivity index (χ3v) is 11.5. The first-order valence-electron chi connectivity index (χ1n) is 20.5. The summed E-state index contributed by atoms with van der Waals surface area (Å²) in [6, 6.07) is 60.2. The number of rotatable bonds is 9. The van der Waals surface area contributed by atoms with Crippen LogP contribution in [0.5, 0.6) is 0 Å². The summed E-state index contributed by atoms with van der Waals surface area (Å²) in [7, 11) is 0. The minimum absolute atomic E-state index is 0.595. The van der Waals surface area contributed by atoms with Gasteiger partial charge in [0.25, 0.3) is 0 Å². The third-order valence-electron chi connectivity index (χ3n) is 11.5. The Hall–Kier alpha value is -7.75. The van der Waals surface area contributed by atoms with E-state index in [4.69, 9.17) is 15.0 Å². The molecule has 9 aromatic rings. The van der Waals surface area contributed by atoms with Gasteiger partial charge in [0.1, 0.15) is 0 Å². The molecule has 1 heterocycles. The molecule has 0 spiro atoms. The summed E-state index contributed by atoms with van der Waals surface area (Å²) in [5, 5.41) is 7.96. The zero-order chi connectivity index (χ0) is 40.4. The van der Waals surface area contributed by atoms with Gasteiger partial charge in [-0.15, -0.1) is 0 Å². The van der Waals surface area contributed by atoms with Crippen molar-refractivity contribution >= 4 is 39.3 Å². The van der Waals surface area contributed by atoms with Crippen molar-refractivity contribution in [2.75, 3.05) is 0 Å². The first-order valence-corrected chi connectivity index (χ1v) is 20.5. The van der Waals surface area contributed by atoms with Gasteiger partial charge < -0.3 is 0 Å². The van der Waals surface area contributed by atoms with Gasteiger partial charge in [0.15, 0.2) is 17.5 Å². The normalized spacial score (nSPS) is 12.4. The lowest BCUT2D eigenvalue weighted by molar-refractivity contribution is 1.07. The van der Waals surface area contributed by atoms with Gasteiger partial charge in [-0.3, -0.25) is 0 Å². The molecule has 284 valence electrons. The van der Waals surface area contributed by atoms with Crippen molar-refractivity contribution in [1.82, 2.24) is 15.0 Å². The topological polar surface area (TPSA) is 38.7 Å². The smallest absolute Gasteiger partial charge is 0.164 e. The Kier molecular flexibility index (Phi) is 9.69. The van der Waals surface area contributed by atoms with Crippen LogP contribution in [0, 0.1) is 0 Å². The highest BCUT2D eigenvalue weighted by atomic mass is 15.0. The van der Waals surface area contributed by atoms with E-state index in [1.165, 1.54) is 43.1 Å². The second-order valence-electron chi connectivity index (χ2n) is 15.2. The SMILES string of the molecule is C=C/C=C(\C=C)c1cccc(-c2nc(-c3cccc(-c4ccccc4)c3)nc(-c3cccc(-c4cccc(-c5ccc6c(c5)c5c(c7ccccc76)=CCCC=5)c4)c3)n2)c1. The summed E-state index contributed by atoms with van der Waals surface area (Å²) in [5.41, 5.74) is 11.5. The Morgan fingerprint density at radius 3 is 1.43 bits per heavy atom. The summed E-state index contributed by atoms with van der Waals surface area (Å²) in [6.45, 7) is 7.93. The largest absolute Gasteiger partial charge is 0.208 e. The predicted octanol–water partition coefficient (Wildman–Crippen LogP) is 13.3. The zero-order valence-electron chi connectivity index (χ0n) is 33.2. The molecule has 0 amide bonds. The molecule has 0 atom stereocenters. The Morgan fingerprint density at radius 1 is 0.383 bits per heavy atom. The summed E-state index contributed by atoms with van der Waals surface area (Å²) in [6.07, 6.45) is 12.5. The van der Waals surface area contributed by atoms with Crippen molar-refractivity contribution in [3.8, 4) is 67.5 Å². The summed E-state index contributed by atoms with van der Waals surface area (Å²) in [5.74, 6) is 1.81. The molecule has 3 heteroatoms. The fourth-order valence-corrected chi connectivity index (χ4v) is 8.51. The second-order valence-corrected chi connectivity index (χ2v) is 15.2. The Balaban J connectivity index is 1.07. The van der Waals surface area contributed by atoms with Gasteiger partial charge in [-0.05, 0) is 120 Å². The summed E-state index contributed by atoms with van der Waals surface area (Å²) >= 11 is 0. The minimum atomic E-state index is 0.595. The average Bonchev–Trinajstić information content (AvgIpc) is 3.33. The van der Waals surface area contributed by atoms with E-state index < -0.39 is 0 Å². The molecule has 8 aromatic carbocycles. The van der Waals surface area contributed by atoms with E-state index in [1.54, 1.807) is 6.08 Å². The van der Waals surface area contributed by atoms with E-state index in [9.17, 15) is 0 Å². The van der Waals surface area contributed by atoms with Crippen LogP contribution in [0.15, 0.2) is 201 Å². The first-order chi connectivity index (χ1) is 29.6. The van der Waals surface area contributed by atoms with Crippen molar-refractivity contribution in [1.29, 1.82) is 0 Å². The summed E-state index contributed by atoms with van der Waals surface area (Å²) in [4.78, 5) is 15.4. The van der Waals surface area contributed by atoms with Gasteiger partial charge in [-0.2, -0.15) is 0 Å². The van der Waals surface area contributed by atoms with Crippen LogP contribution in [0.4, 0.5) is 0 Å². The molecule has 0 N–H and O–H groups in total. The van der Waals surface area contributed by atoms with Crippen LogP contribution in [0.25, 0.3) is 107 Å². The minimum Gasteiger partial charge on any atom is -0.208 e. The van der Waals surface area contributed by atoms with Crippen LogP contribution in [0.1, 0.15) is 18.4 Å². The zero-order valence-corrected chi connectivity index (χ0v) is 33.2. The van der Waals surface area contributed by atoms with E-state index in [1.807, 2.05) is 30.4 Å². The molecule has 0 fully saturated rings. The van der Waals surface area contributed by atoms with Crippen molar-refractivity contribution in [3.05, 3.63) is 217 Å². The standard InChI is InChI=1S/C57H41N3/c1-3-16-38(4-2)40-19-13-24-46(34-40)55-58-56(47-25-14-20-41(35-47)39-17-6-5-7-18-39)60-57(59-55)48-26-15-23-44(36-48)42-21-12-22-43(33-42)45-31-32-53-51-29-9-8-27-49(51)50-28-10-11-30-52(50)54(53)37-45/h3-9,12-37H,1-2,10-11H2/b38-16+. The lowest BCUT2D eigenvalue weighted by Crippen LogP contribution is -2.28. The number of fused-ring (bicyclic) bond motifs is 6. The molecule has 10 rings (SSSR count). The molecular weight excluding hydrogens is 727 g/mol. The van der Waals surface area contributed by atoms with Crippen LogP contribution in [-0.4, -0.2) is 15.0 Å². The van der Waals surface area contributed by atoms with Gasteiger partial charge >= 0.3 is 0 Å². The van der Waals surface area contributed by atoms with E-state index in [-0.39, 0.29) is 0 Å². The van der Waals surface area contributed by atoms with E-state index in [2.05, 4.69) is 177 Å². The number of nitrogens with zero attached hydrogens (tertiary/aromatic N) is 3. The highest BCUT2D eigenvalue weighted by Gasteiger charge is 2.16. The maximum atomic E-state index is 5.15. The van der Waals surface area contributed by atoms with Crippen LogP contribution in [0.2, 0.25) is 0 Å². The molecule has 3 nitrogen and oxygen atoms in total. The van der Waals surface area contributed by atoms with Gasteiger partial charge in [-0.25, -0.2) is 15.0 Å². The van der Waals surface area contributed by atoms with Crippen molar-refractivity contribution in [3.63, 3.8) is 0 Å². The molecule has 0 radical (unpaired) electrons. The molecule has 60 heavy (non-hydrogen) atoms. The number of hydrogen-bond acceptors (Lipinski definition) is 3. The molecule has 0 unspecified atom stereocenters. The highest BCUT2D eigenvalue weighted by Crippen LogP contribution is 2.34. The van der Waals surface area contributed by atoms with E-state index in [0.29, 0.717) is 17.5 Å². The van der Waals surface area contributed by atoms with E-state index >= 15 is 0 Å². The van der Waals surface area contributed by atoms with E-state index in [0.717, 1.165) is 62.9 Å². The lowest BCUT2D eigenvalue weighted by atomic mass is 9.91. The fraction of sp³-hybridized carbons (Fsp3) is 0.0351. The molecule has 0 aliphatic heterocycles. The van der Waals surface area contributed by atoms with Crippen molar-refractivity contribution < 1.29 is 0 Å². The Labute approximate surface area is 350 Å². The van der Waals surface area contributed by atoms with Gasteiger partial charge in [0.05, 0.1) is 0 Å². The summed E-state index contributed by atoms with van der Waals surface area (Å²) < 4.78 is 0. The van der Waals surface area contributed by atoms with Gasteiger partial charge in [0, 0.05) is 16.7 Å². The average molecular weight is 768 g/mol. The maximum Gasteiger partial charge on any atom is 0.164 e. The molecule has 0 bridgehead atoms. The van der Waals surface area contributed by atoms with Gasteiger partial charge in [0.2, 0.25) is 0 Å². The number of aromatic nitrogens is 3. The second kappa shape index (κ2) is 15.9. The van der Waals surface area contributed by atoms with Gasteiger partial charge in [-0.1, -0.05) is 183 Å². The van der Waals surface area contributed by atoms with Crippen LogP contribution in [0.3, 0.4) is 0 Å². The lowest BCUT2D eigenvalue weighted by Gasteiger charge is -2.13. The van der Waals surface area contributed by atoms with Crippen molar-refractivity contribution in [2.24, 2.45) is 0 Å². The Bertz CT molecular complexity index is 3300. The molecule has 0 saturated heterocycles. The third kappa shape index (κ3) is 6.97. The molecule has 0 saturated carbocycles. The Morgan fingerprint density at radius 2 is 0.833 bits per heavy atom. The van der Waals surface area contributed by atoms with Crippen LogP contribution in [-0.2, 0) is 0 Å². The first kappa shape index (κ1) is 36.6. The quantitative estimate of drug-likeness (QED) is 0.108. The predicted molar refractivity (Wildman–Crippen MR) is 253 cm³/mol. The number of allylic oxidation sites excluding steroid dienone is 4.